The van der Waals surface area contributed by atoms with Crippen LogP contribution >= 0.6 is 0 Å². The maximum absolute atomic E-state index is 12.4. The molecule has 0 aliphatic carbocycles. The number of nitrogens with zero attached hydrogens (tertiary/aromatic N) is 2. The highest BCUT2D eigenvalue weighted by atomic mass is 16.1. The van der Waals surface area contributed by atoms with Crippen LogP contribution < -0.4 is 10.5 Å². The second-order valence-electron chi connectivity index (χ2n) is 5.61. The molecule has 0 aliphatic heterocycles. The van der Waals surface area contributed by atoms with Gasteiger partial charge in [-0.1, -0.05) is 12.1 Å². The van der Waals surface area contributed by atoms with Gasteiger partial charge in [-0.3, -0.25) is 9.78 Å². The number of aromatic amines is 2. The number of H-pyrrole nitrogens is 2. The van der Waals surface area contributed by atoms with Gasteiger partial charge in [0.1, 0.15) is 0 Å². The summed E-state index contributed by atoms with van der Waals surface area (Å²) in [6.07, 6.45) is 7.11. The molecular formula is C19H16N4O. The molecule has 4 rings (SSSR count). The first-order chi connectivity index (χ1) is 11.7. The summed E-state index contributed by atoms with van der Waals surface area (Å²) in [5.41, 5.74) is 4.39. The third-order valence-electron chi connectivity index (χ3n) is 4.21. The molecule has 0 amide bonds. The van der Waals surface area contributed by atoms with E-state index in [0.29, 0.717) is 5.56 Å². The van der Waals surface area contributed by atoms with Crippen molar-refractivity contribution in [1.29, 1.82) is 0 Å². The summed E-state index contributed by atoms with van der Waals surface area (Å²) in [5, 5.41) is 1.03. The van der Waals surface area contributed by atoms with Crippen LogP contribution in [0, 0.1) is 0 Å². The Morgan fingerprint density at radius 2 is 1.79 bits per heavy atom. The molecule has 0 unspecified atom stereocenters. The van der Waals surface area contributed by atoms with Gasteiger partial charge in [-0.15, -0.1) is 0 Å². The van der Waals surface area contributed by atoms with E-state index in [1.807, 2.05) is 60.6 Å². The largest absolute Gasteiger partial charge is 0.361 e. The van der Waals surface area contributed by atoms with Crippen LogP contribution in [0.5, 0.6) is 0 Å². The number of hydrogen-bond acceptors (Lipinski definition) is 3. The van der Waals surface area contributed by atoms with Crippen molar-refractivity contribution in [2.45, 2.75) is 0 Å². The van der Waals surface area contributed by atoms with E-state index in [9.17, 15) is 4.79 Å². The number of aromatic nitrogens is 3. The Labute approximate surface area is 138 Å². The molecule has 118 valence electrons. The van der Waals surface area contributed by atoms with E-state index < -0.39 is 0 Å². The first-order valence-electron chi connectivity index (χ1n) is 7.67. The predicted molar refractivity (Wildman–Crippen MR) is 96.7 cm³/mol. The summed E-state index contributed by atoms with van der Waals surface area (Å²) >= 11 is 0. The van der Waals surface area contributed by atoms with Gasteiger partial charge in [-0.2, -0.15) is 0 Å². The molecule has 3 heterocycles. The molecule has 0 bridgehead atoms. The molecule has 3 aromatic heterocycles. The highest BCUT2D eigenvalue weighted by Gasteiger charge is 2.11. The van der Waals surface area contributed by atoms with Crippen LogP contribution in [0.2, 0.25) is 0 Å². The first kappa shape index (κ1) is 14.3. The predicted octanol–water partition coefficient (Wildman–Crippen LogP) is 3.69. The topological polar surface area (TPSA) is 64.8 Å². The standard InChI is InChI=1S/C19H16N4O/c1-23(13-5-8-20-9-6-13)14-11-17(19(24)22-12-14)15-3-2-4-18-16(15)7-10-21-18/h2-12,21H,1H3,(H,22,24). The second-order valence-corrected chi connectivity index (χ2v) is 5.61. The highest BCUT2D eigenvalue weighted by molar-refractivity contribution is 5.95. The normalized spacial score (nSPS) is 10.9. The molecule has 0 saturated heterocycles. The van der Waals surface area contributed by atoms with Crippen molar-refractivity contribution in [2.24, 2.45) is 0 Å². The lowest BCUT2D eigenvalue weighted by Crippen LogP contribution is -2.14. The molecule has 0 radical (unpaired) electrons. The lowest BCUT2D eigenvalue weighted by atomic mass is 10.0. The van der Waals surface area contributed by atoms with Gasteiger partial charge in [-0.25, -0.2) is 0 Å². The molecule has 0 fully saturated rings. The van der Waals surface area contributed by atoms with Crippen molar-refractivity contribution in [3.05, 3.63) is 77.6 Å². The number of nitrogens with one attached hydrogen (secondary N) is 2. The summed E-state index contributed by atoms with van der Waals surface area (Å²) < 4.78 is 0. The van der Waals surface area contributed by atoms with Crippen molar-refractivity contribution < 1.29 is 0 Å². The lowest BCUT2D eigenvalue weighted by Gasteiger charge is -2.19. The van der Waals surface area contributed by atoms with Gasteiger partial charge >= 0.3 is 0 Å². The van der Waals surface area contributed by atoms with Gasteiger partial charge in [0.05, 0.1) is 5.69 Å². The van der Waals surface area contributed by atoms with Gasteiger partial charge < -0.3 is 14.9 Å². The number of anilines is 2. The van der Waals surface area contributed by atoms with E-state index in [1.165, 1.54) is 0 Å². The van der Waals surface area contributed by atoms with Crippen LogP contribution in [0.25, 0.3) is 22.0 Å². The minimum absolute atomic E-state index is 0.101. The van der Waals surface area contributed by atoms with E-state index in [1.54, 1.807) is 18.6 Å². The van der Waals surface area contributed by atoms with Crippen molar-refractivity contribution in [3.8, 4) is 11.1 Å². The molecule has 5 nitrogen and oxygen atoms in total. The molecule has 0 saturated carbocycles. The van der Waals surface area contributed by atoms with E-state index in [4.69, 9.17) is 0 Å². The van der Waals surface area contributed by atoms with Crippen molar-refractivity contribution >= 4 is 22.3 Å². The SMILES string of the molecule is CN(c1ccncc1)c1c[nH]c(=O)c(-c2cccc3[nH]ccc23)c1. The Balaban J connectivity index is 1.86. The average Bonchev–Trinajstić information content (AvgIpc) is 3.11. The maximum atomic E-state index is 12.4. The molecule has 1 aromatic carbocycles. The number of fused-ring (bicyclic) bond motifs is 1. The van der Waals surface area contributed by atoms with Gasteiger partial charge in [0.15, 0.2) is 0 Å². The van der Waals surface area contributed by atoms with Crippen molar-refractivity contribution in [3.63, 3.8) is 0 Å². The van der Waals surface area contributed by atoms with Gasteiger partial charge in [0.25, 0.3) is 5.56 Å². The van der Waals surface area contributed by atoms with Crippen LogP contribution in [0.3, 0.4) is 0 Å². The molecule has 0 atom stereocenters. The van der Waals surface area contributed by atoms with Gasteiger partial charge in [0, 0.05) is 54.0 Å². The van der Waals surface area contributed by atoms with Crippen LogP contribution in [0.1, 0.15) is 0 Å². The zero-order valence-corrected chi connectivity index (χ0v) is 13.2. The fourth-order valence-electron chi connectivity index (χ4n) is 2.90. The van der Waals surface area contributed by atoms with Crippen molar-refractivity contribution in [2.75, 3.05) is 11.9 Å². The quantitative estimate of drug-likeness (QED) is 0.606. The van der Waals surface area contributed by atoms with E-state index in [0.717, 1.165) is 27.8 Å². The number of pyridine rings is 2. The third kappa shape index (κ3) is 2.36. The Kier molecular flexibility index (Phi) is 3.39. The Bertz CT molecular complexity index is 1050. The second kappa shape index (κ2) is 5.70. The molecule has 2 N–H and O–H groups in total. The first-order valence-corrected chi connectivity index (χ1v) is 7.67. The molecule has 24 heavy (non-hydrogen) atoms. The number of rotatable bonds is 3. The van der Waals surface area contributed by atoms with E-state index >= 15 is 0 Å². The zero-order chi connectivity index (χ0) is 16.5. The maximum Gasteiger partial charge on any atom is 0.255 e. The minimum atomic E-state index is -0.101. The monoisotopic (exact) mass is 316 g/mol. The van der Waals surface area contributed by atoms with Crippen LogP contribution in [-0.2, 0) is 0 Å². The Morgan fingerprint density at radius 3 is 2.62 bits per heavy atom. The average molecular weight is 316 g/mol. The third-order valence-corrected chi connectivity index (χ3v) is 4.21. The van der Waals surface area contributed by atoms with Crippen molar-refractivity contribution in [1.82, 2.24) is 15.0 Å². The lowest BCUT2D eigenvalue weighted by molar-refractivity contribution is 1.14. The summed E-state index contributed by atoms with van der Waals surface area (Å²) in [4.78, 5) is 24.5. The van der Waals surface area contributed by atoms with Gasteiger partial charge in [-0.05, 0) is 35.9 Å². The Hall–Kier alpha value is -3.34. The summed E-state index contributed by atoms with van der Waals surface area (Å²) in [5.74, 6) is 0. The minimum Gasteiger partial charge on any atom is -0.361 e. The summed E-state index contributed by atoms with van der Waals surface area (Å²) in [7, 11) is 1.96. The van der Waals surface area contributed by atoms with Crippen LogP contribution in [0.15, 0.2) is 72.0 Å². The molecular weight excluding hydrogens is 300 g/mol. The number of benzene rings is 1. The highest BCUT2D eigenvalue weighted by Crippen LogP contribution is 2.29. The zero-order valence-electron chi connectivity index (χ0n) is 13.2. The van der Waals surface area contributed by atoms with Crippen LogP contribution in [-0.4, -0.2) is 22.0 Å². The van der Waals surface area contributed by atoms with E-state index in [-0.39, 0.29) is 5.56 Å². The fourth-order valence-corrected chi connectivity index (χ4v) is 2.90. The summed E-state index contributed by atoms with van der Waals surface area (Å²) in [6, 6.07) is 13.7. The fraction of sp³-hybridized carbons (Fsp3) is 0.0526. The Morgan fingerprint density at radius 1 is 0.958 bits per heavy atom. The van der Waals surface area contributed by atoms with E-state index in [2.05, 4.69) is 15.0 Å². The molecule has 4 aromatic rings. The summed E-state index contributed by atoms with van der Waals surface area (Å²) in [6.45, 7) is 0. The smallest absolute Gasteiger partial charge is 0.255 e. The van der Waals surface area contributed by atoms with Gasteiger partial charge in [0.2, 0.25) is 0 Å². The number of hydrogen-bond donors (Lipinski definition) is 2. The molecule has 0 aliphatic rings. The van der Waals surface area contributed by atoms with Crippen LogP contribution in [0.4, 0.5) is 11.4 Å². The molecule has 0 spiro atoms. The molecule has 5 heteroatoms.